The first-order chi connectivity index (χ1) is 13.6. The molecule has 0 aromatic heterocycles. The number of rotatable bonds is 2. The van der Waals surface area contributed by atoms with Crippen LogP contribution in [-0.4, -0.2) is 41.8 Å². The number of hydrogen-bond acceptors (Lipinski definition) is 4. The molecule has 6 heteroatoms. The van der Waals surface area contributed by atoms with Gasteiger partial charge in [0.25, 0.3) is 11.6 Å². The van der Waals surface area contributed by atoms with E-state index in [1.165, 1.54) is 12.3 Å². The quantitative estimate of drug-likeness (QED) is 0.781. The highest BCUT2D eigenvalue weighted by Crippen LogP contribution is 2.39. The predicted octanol–water partition coefficient (Wildman–Crippen LogP) is 3.76. The summed E-state index contributed by atoms with van der Waals surface area (Å²) < 4.78 is 13.6. The van der Waals surface area contributed by atoms with Crippen LogP contribution in [0.15, 0.2) is 42.5 Å². The Morgan fingerprint density at radius 2 is 1.75 bits per heavy atom. The van der Waals surface area contributed by atoms with Crippen molar-refractivity contribution in [2.24, 2.45) is 0 Å². The minimum Gasteiger partial charge on any atom is -0.486 e. The van der Waals surface area contributed by atoms with E-state index in [1.807, 2.05) is 36.4 Å². The lowest BCUT2D eigenvalue weighted by Gasteiger charge is -2.24. The lowest BCUT2D eigenvalue weighted by Crippen LogP contribution is -2.41. The first-order valence-corrected chi connectivity index (χ1v) is 10.3. The van der Waals surface area contributed by atoms with Gasteiger partial charge in [0.15, 0.2) is 18.0 Å². The number of aliphatic hydroxyl groups is 1. The van der Waals surface area contributed by atoms with Gasteiger partial charge in [0, 0.05) is 23.1 Å². The molecule has 3 heterocycles. The van der Waals surface area contributed by atoms with Crippen LogP contribution in [-0.2, 0) is 5.72 Å². The van der Waals surface area contributed by atoms with E-state index >= 15 is 0 Å². The van der Waals surface area contributed by atoms with Crippen molar-refractivity contribution in [3.63, 3.8) is 0 Å². The maximum Gasteiger partial charge on any atom is 0.271 e. The fourth-order valence-corrected chi connectivity index (χ4v) is 4.60. The minimum absolute atomic E-state index is 0.476. The van der Waals surface area contributed by atoms with Gasteiger partial charge in [-0.25, -0.2) is 9.48 Å². The van der Waals surface area contributed by atoms with Crippen molar-refractivity contribution in [1.29, 1.82) is 0 Å². The number of hydrogen-bond donors (Lipinski definition) is 1. The van der Waals surface area contributed by atoms with Crippen LogP contribution in [0.5, 0.6) is 11.5 Å². The lowest BCUT2D eigenvalue weighted by molar-refractivity contribution is -0.658. The Balaban J connectivity index is 1.58. The lowest BCUT2D eigenvalue weighted by atomic mass is 10.0. The van der Waals surface area contributed by atoms with Crippen molar-refractivity contribution in [3.05, 3.63) is 53.1 Å². The molecule has 1 N–H and O–H groups in total. The van der Waals surface area contributed by atoms with Gasteiger partial charge < -0.3 is 14.6 Å². The van der Waals surface area contributed by atoms with Gasteiger partial charge in [-0.1, -0.05) is 23.7 Å². The molecule has 28 heavy (non-hydrogen) atoms. The fourth-order valence-electron chi connectivity index (χ4n) is 4.47. The summed E-state index contributed by atoms with van der Waals surface area (Å²) in [5.41, 5.74) is 0.824. The Morgan fingerprint density at radius 1 is 0.964 bits per heavy atom. The number of fused-ring (bicyclic) bond motifs is 1. The number of ether oxygens (including phenoxy) is 2. The van der Waals surface area contributed by atoms with E-state index in [4.69, 9.17) is 21.1 Å². The minimum atomic E-state index is -1.07. The summed E-state index contributed by atoms with van der Waals surface area (Å²) in [6.07, 6.45) is 4.33. The van der Waals surface area contributed by atoms with E-state index < -0.39 is 5.72 Å². The molecule has 3 aliphatic rings. The number of nitrogens with zero attached hydrogens (tertiary/aromatic N) is 2. The molecule has 5 rings (SSSR count). The molecular weight excluding hydrogens is 376 g/mol. The van der Waals surface area contributed by atoms with Crippen LogP contribution < -0.4 is 14.4 Å². The first kappa shape index (κ1) is 17.8. The van der Waals surface area contributed by atoms with Crippen LogP contribution in [0.2, 0.25) is 5.02 Å². The number of anilines is 1. The molecule has 0 saturated carbocycles. The molecule has 0 spiro atoms. The molecule has 0 fully saturated rings. The standard InChI is InChI=1S/C22H24ClN2O3/c23-17-7-5-16(6-8-17)22(26)15-24(21-4-2-1-3-11-25(21)22)18-9-10-19-20(14-18)28-13-12-27-19/h5-10,14,26H,1-4,11-13,15H2/q+1. The Hall–Kier alpha value is -2.24. The molecule has 2 aromatic rings. The van der Waals surface area contributed by atoms with Gasteiger partial charge in [-0.2, -0.15) is 0 Å². The Kier molecular flexibility index (Phi) is 4.44. The monoisotopic (exact) mass is 399 g/mol. The predicted molar refractivity (Wildman–Crippen MR) is 109 cm³/mol. The van der Waals surface area contributed by atoms with E-state index in [-0.39, 0.29) is 0 Å². The third-order valence-corrected chi connectivity index (χ3v) is 6.13. The van der Waals surface area contributed by atoms with E-state index in [9.17, 15) is 5.11 Å². The van der Waals surface area contributed by atoms with Crippen molar-refractivity contribution < 1.29 is 19.2 Å². The molecule has 2 aromatic carbocycles. The highest BCUT2D eigenvalue weighted by Gasteiger charge is 2.52. The average Bonchev–Trinajstić information content (AvgIpc) is 2.87. The fraction of sp³-hybridized carbons (Fsp3) is 0.409. The molecule has 1 atom stereocenters. The third-order valence-electron chi connectivity index (χ3n) is 5.87. The van der Waals surface area contributed by atoms with Gasteiger partial charge >= 0.3 is 0 Å². The second-order valence-electron chi connectivity index (χ2n) is 7.62. The molecule has 0 bridgehead atoms. The highest BCUT2D eigenvalue weighted by molar-refractivity contribution is 6.30. The largest absolute Gasteiger partial charge is 0.486 e. The van der Waals surface area contributed by atoms with Gasteiger partial charge in [-0.3, -0.25) is 0 Å². The van der Waals surface area contributed by atoms with Crippen molar-refractivity contribution in [3.8, 4) is 11.5 Å². The number of β-amino-alcohol motifs (C(OH)–C–C–N with tert-alkyl or cyclic N) is 1. The average molecular weight is 400 g/mol. The van der Waals surface area contributed by atoms with E-state index in [1.54, 1.807) is 0 Å². The zero-order chi connectivity index (χ0) is 19.1. The summed E-state index contributed by atoms with van der Waals surface area (Å²) in [6, 6.07) is 13.6. The van der Waals surface area contributed by atoms with E-state index in [0.717, 1.165) is 48.6 Å². The Labute approximate surface area is 169 Å². The van der Waals surface area contributed by atoms with Gasteiger partial charge in [0.05, 0.1) is 6.54 Å². The van der Waals surface area contributed by atoms with E-state index in [0.29, 0.717) is 24.8 Å². The van der Waals surface area contributed by atoms with Crippen LogP contribution in [0.4, 0.5) is 5.69 Å². The van der Waals surface area contributed by atoms with Gasteiger partial charge in [-0.05, 0) is 43.5 Å². The van der Waals surface area contributed by atoms with Gasteiger partial charge in [-0.15, -0.1) is 0 Å². The van der Waals surface area contributed by atoms with Crippen LogP contribution in [0, 0.1) is 0 Å². The molecule has 146 valence electrons. The summed E-state index contributed by atoms with van der Waals surface area (Å²) >= 11 is 6.08. The van der Waals surface area contributed by atoms with Crippen LogP contribution in [0.3, 0.4) is 0 Å². The van der Waals surface area contributed by atoms with Crippen LogP contribution in [0.1, 0.15) is 31.2 Å². The summed E-state index contributed by atoms with van der Waals surface area (Å²) in [5.74, 6) is 2.72. The smallest absolute Gasteiger partial charge is 0.271 e. The van der Waals surface area contributed by atoms with Crippen molar-refractivity contribution in [1.82, 2.24) is 0 Å². The maximum absolute atomic E-state index is 11.8. The van der Waals surface area contributed by atoms with Crippen molar-refractivity contribution in [2.45, 2.75) is 31.4 Å². The summed E-state index contributed by atoms with van der Waals surface area (Å²) in [5, 5.41) is 12.5. The highest BCUT2D eigenvalue weighted by atomic mass is 35.5. The molecule has 0 radical (unpaired) electrons. The number of halogens is 1. The van der Waals surface area contributed by atoms with Gasteiger partial charge in [0.2, 0.25) is 0 Å². The SMILES string of the molecule is OC1(c2ccc(Cl)cc2)CN(c2ccc3c(c2)OCCO3)C2=[N+]1CCCCC2. The molecule has 0 aliphatic carbocycles. The third kappa shape index (κ3) is 2.93. The zero-order valence-corrected chi connectivity index (χ0v) is 16.5. The Bertz CT molecular complexity index is 928. The topological polar surface area (TPSA) is 44.9 Å². The van der Waals surface area contributed by atoms with Crippen LogP contribution in [0.25, 0.3) is 0 Å². The molecule has 0 saturated heterocycles. The first-order valence-electron chi connectivity index (χ1n) is 9.94. The molecule has 1 unspecified atom stereocenters. The van der Waals surface area contributed by atoms with E-state index in [2.05, 4.69) is 15.5 Å². The summed E-state index contributed by atoms with van der Waals surface area (Å²) in [7, 11) is 0. The summed E-state index contributed by atoms with van der Waals surface area (Å²) in [6.45, 7) is 2.46. The number of benzene rings is 2. The second-order valence-corrected chi connectivity index (χ2v) is 8.05. The Morgan fingerprint density at radius 3 is 2.57 bits per heavy atom. The molecule has 3 aliphatic heterocycles. The van der Waals surface area contributed by atoms with Gasteiger partial charge in [0.1, 0.15) is 18.9 Å². The number of amidine groups is 1. The zero-order valence-electron chi connectivity index (χ0n) is 15.7. The van der Waals surface area contributed by atoms with Crippen LogP contribution >= 0.6 is 11.6 Å². The maximum atomic E-state index is 11.8. The summed E-state index contributed by atoms with van der Waals surface area (Å²) in [4.78, 5) is 2.23. The molecular formula is C22H24ClN2O3+. The second kappa shape index (κ2) is 6.98. The molecule has 0 amide bonds. The molecule has 5 nitrogen and oxygen atoms in total. The van der Waals surface area contributed by atoms with Crippen molar-refractivity contribution in [2.75, 3.05) is 31.2 Å². The van der Waals surface area contributed by atoms with Crippen molar-refractivity contribution >= 4 is 23.1 Å². The normalized spacial score (nSPS) is 24.1.